The summed E-state index contributed by atoms with van der Waals surface area (Å²) >= 11 is 0. The first kappa shape index (κ1) is 16.7. The lowest BCUT2D eigenvalue weighted by Crippen LogP contribution is -2.28. The van der Waals surface area contributed by atoms with E-state index in [0.29, 0.717) is 25.5 Å². The molecule has 0 atom stereocenters. The van der Waals surface area contributed by atoms with Crippen LogP contribution in [0.1, 0.15) is 19.8 Å². The van der Waals surface area contributed by atoms with Crippen LogP contribution < -0.4 is 10.1 Å². The number of sulfonamides is 1. The number of aromatic nitrogens is 1. The Balaban J connectivity index is 1.86. The fourth-order valence-corrected chi connectivity index (χ4v) is 4.31. The quantitative estimate of drug-likeness (QED) is 0.870. The Labute approximate surface area is 142 Å². The highest BCUT2D eigenvalue weighted by molar-refractivity contribution is 7.89. The van der Waals surface area contributed by atoms with Crippen LogP contribution in [0.3, 0.4) is 0 Å². The van der Waals surface area contributed by atoms with Crippen LogP contribution in [-0.4, -0.2) is 37.4 Å². The van der Waals surface area contributed by atoms with Gasteiger partial charge in [0.05, 0.1) is 6.61 Å². The van der Waals surface area contributed by atoms with Crippen molar-refractivity contribution in [3.63, 3.8) is 0 Å². The van der Waals surface area contributed by atoms with Gasteiger partial charge in [-0.1, -0.05) is 0 Å². The Hall–Kier alpha value is -2.12. The topological polar surface area (TPSA) is 71.5 Å². The molecule has 1 aromatic heterocycles. The van der Waals surface area contributed by atoms with Gasteiger partial charge in [0, 0.05) is 25.0 Å². The number of pyridine rings is 1. The van der Waals surface area contributed by atoms with E-state index in [0.717, 1.165) is 24.3 Å². The summed E-state index contributed by atoms with van der Waals surface area (Å²) in [6.45, 7) is 3.67. The Morgan fingerprint density at radius 3 is 2.54 bits per heavy atom. The summed E-state index contributed by atoms with van der Waals surface area (Å²) in [4.78, 5) is 4.43. The Bertz CT molecular complexity index is 785. The van der Waals surface area contributed by atoms with Crippen LogP contribution in [0.2, 0.25) is 0 Å². The summed E-state index contributed by atoms with van der Waals surface area (Å²) in [6.07, 6.45) is 3.39. The summed E-state index contributed by atoms with van der Waals surface area (Å²) in [7, 11) is -3.52. The zero-order valence-corrected chi connectivity index (χ0v) is 14.4. The van der Waals surface area contributed by atoms with E-state index in [1.54, 1.807) is 18.3 Å². The highest BCUT2D eigenvalue weighted by Crippen LogP contribution is 2.28. The van der Waals surface area contributed by atoms with Crippen LogP contribution in [0.15, 0.2) is 47.5 Å². The Kier molecular flexibility index (Phi) is 5.01. The molecule has 2 heterocycles. The van der Waals surface area contributed by atoms with Crippen molar-refractivity contribution in [2.24, 2.45) is 0 Å². The minimum absolute atomic E-state index is 0.209. The van der Waals surface area contributed by atoms with Crippen LogP contribution in [0.5, 0.6) is 5.75 Å². The summed E-state index contributed by atoms with van der Waals surface area (Å²) < 4.78 is 32.6. The van der Waals surface area contributed by atoms with Crippen molar-refractivity contribution in [1.82, 2.24) is 9.29 Å². The van der Waals surface area contributed by atoms with Crippen LogP contribution in [0.4, 0.5) is 11.5 Å². The second-order valence-electron chi connectivity index (χ2n) is 5.54. The number of anilines is 2. The lowest BCUT2D eigenvalue weighted by Gasteiger charge is -2.18. The fraction of sp³-hybridized carbons (Fsp3) is 0.353. The molecular formula is C17H21N3O3S. The van der Waals surface area contributed by atoms with Crippen molar-refractivity contribution in [3.8, 4) is 5.75 Å². The van der Waals surface area contributed by atoms with Crippen molar-refractivity contribution in [2.75, 3.05) is 25.0 Å². The van der Waals surface area contributed by atoms with E-state index in [9.17, 15) is 8.42 Å². The molecule has 0 aliphatic carbocycles. The normalized spacial score (nSPS) is 15.4. The van der Waals surface area contributed by atoms with Crippen molar-refractivity contribution >= 4 is 21.5 Å². The first-order chi connectivity index (χ1) is 11.6. The number of nitrogens with zero attached hydrogens (tertiary/aromatic N) is 2. The molecule has 7 heteroatoms. The first-order valence-electron chi connectivity index (χ1n) is 8.06. The van der Waals surface area contributed by atoms with Crippen LogP contribution >= 0.6 is 0 Å². The second-order valence-corrected chi connectivity index (χ2v) is 7.45. The lowest BCUT2D eigenvalue weighted by molar-refractivity contribution is 0.340. The van der Waals surface area contributed by atoms with E-state index in [4.69, 9.17) is 4.74 Å². The summed E-state index contributed by atoms with van der Waals surface area (Å²) in [6, 6.07) is 10.6. The molecule has 1 aliphatic heterocycles. The van der Waals surface area contributed by atoms with E-state index >= 15 is 0 Å². The predicted molar refractivity (Wildman–Crippen MR) is 93.1 cm³/mol. The Morgan fingerprint density at radius 1 is 1.17 bits per heavy atom. The maximum Gasteiger partial charge on any atom is 0.246 e. The van der Waals surface area contributed by atoms with Gasteiger partial charge in [-0.05, 0) is 56.2 Å². The monoisotopic (exact) mass is 347 g/mol. The minimum Gasteiger partial charge on any atom is -0.494 e. The second kappa shape index (κ2) is 7.19. The molecule has 1 fully saturated rings. The maximum absolute atomic E-state index is 12.8. The van der Waals surface area contributed by atoms with Crippen molar-refractivity contribution in [3.05, 3.63) is 42.6 Å². The molecule has 0 spiro atoms. The van der Waals surface area contributed by atoms with Crippen LogP contribution in [0.25, 0.3) is 0 Å². The number of hydrogen-bond donors (Lipinski definition) is 1. The molecule has 0 bridgehead atoms. The zero-order chi connectivity index (χ0) is 17.0. The maximum atomic E-state index is 12.8. The van der Waals surface area contributed by atoms with Gasteiger partial charge in [-0.25, -0.2) is 13.4 Å². The summed E-state index contributed by atoms with van der Waals surface area (Å²) in [5.74, 6) is 1.11. The largest absolute Gasteiger partial charge is 0.494 e. The first-order valence-corrected chi connectivity index (χ1v) is 9.50. The number of benzene rings is 1. The molecule has 0 amide bonds. The van der Waals surface area contributed by atoms with Crippen molar-refractivity contribution in [1.29, 1.82) is 0 Å². The summed E-state index contributed by atoms with van der Waals surface area (Å²) in [5, 5.41) is 3.10. The summed E-state index contributed by atoms with van der Waals surface area (Å²) in [5.41, 5.74) is 0.759. The number of hydrogen-bond acceptors (Lipinski definition) is 5. The van der Waals surface area contributed by atoms with Crippen LogP contribution in [-0.2, 0) is 10.0 Å². The van der Waals surface area contributed by atoms with E-state index in [1.165, 1.54) is 4.31 Å². The Morgan fingerprint density at radius 2 is 1.88 bits per heavy atom. The molecule has 0 radical (unpaired) electrons. The molecule has 3 rings (SSSR count). The average molecular weight is 347 g/mol. The van der Waals surface area contributed by atoms with Gasteiger partial charge < -0.3 is 10.1 Å². The van der Waals surface area contributed by atoms with Gasteiger partial charge in [-0.2, -0.15) is 4.31 Å². The highest BCUT2D eigenvalue weighted by Gasteiger charge is 2.29. The van der Waals surface area contributed by atoms with Gasteiger partial charge in [-0.15, -0.1) is 0 Å². The van der Waals surface area contributed by atoms with Gasteiger partial charge in [0.1, 0.15) is 10.6 Å². The molecule has 0 unspecified atom stereocenters. The number of rotatable bonds is 6. The van der Waals surface area contributed by atoms with E-state index < -0.39 is 10.0 Å². The smallest absolute Gasteiger partial charge is 0.246 e. The predicted octanol–water partition coefficient (Wildman–Crippen LogP) is 3.01. The third-order valence-corrected chi connectivity index (χ3v) is 5.81. The third-order valence-electron chi connectivity index (χ3n) is 3.88. The molecular weight excluding hydrogens is 326 g/mol. The third kappa shape index (κ3) is 3.52. The van der Waals surface area contributed by atoms with E-state index in [-0.39, 0.29) is 4.90 Å². The number of ether oxygens (including phenoxy) is 1. The van der Waals surface area contributed by atoms with Crippen LogP contribution in [0, 0.1) is 0 Å². The van der Waals surface area contributed by atoms with Crippen molar-refractivity contribution < 1.29 is 13.2 Å². The standard InChI is InChI=1S/C17H21N3O3S/c1-2-23-15-9-7-14(8-10-15)19-17-16(6-5-11-18-17)24(21,22)20-12-3-4-13-20/h5-11H,2-4,12-13H2,1H3,(H,18,19). The average Bonchev–Trinajstić information content (AvgIpc) is 3.13. The van der Waals surface area contributed by atoms with Gasteiger partial charge in [-0.3, -0.25) is 0 Å². The minimum atomic E-state index is -3.52. The molecule has 24 heavy (non-hydrogen) atoms. The molecule has 6 nitrogen and oxygen atoms in total. The van der Waals surface area contributed by atoms with E-state index in [1.807, 2.05) is 31.2 Å². The lowest BCUT2D eigenvalue weighted by atomic mass is 10.3. The van der Waals surface area contributed by atoms with Gasteiger partial charge in [0.25, 0.3) is 0 Å². The van der Waals surface area contributed by atoms with Crippen molar-refractivity contribution in [2.45, 2.75) is 24.7 Å². The van der Waals surface area contributed by atoms with Gasteiger partial charge >= 0.3 is 0 Å². The SMILES string of the molecule is CCOc1ccc(Nc2ncccc2S(=O)(=O)N2CCCC2)cc1. The van der Waals surface area contributed by atoms with Gasteiger partial charge in [0.2, 0.25) is 10.0 Å². The molecule has 1 aliphatic rings. The highest BCUT2D eigenvalue weighted by atomic mass is 32.2. The van der Waals surface area contributed by atoms with E-state index in [2.05, 4.69) is 10.3 Å². The molecule has 2 aromatic rings. The number of nitrogens with one attached hydrogen (secondary N) is 1. The van der Waals surface area contributed by atoms with Gasteiger partial charge in [0.15, 0.2) is 5.82 Å². The fourth-order valence-electron chi connectivity index (χ4n) is 2.70. The zero-order valence-electron chi connectivity index (χ0n) is 13.6. The molecule has 1 saturated heterocycles. The molecule has 128 valence electrons. The molecule has 1 aromatic carbocycles. The molecule has 1 N–H and O–H groups in total. The molecule has 0 saturated carbocycles.